The summed E-state index contributed by atoms with van der Waals surface area (Å²) in [6.45, 7) is 4.62. The van der Waals surface area contributed by atoms with Gasteiger partial charge < -0.3 is 9.47 Å². The molecular formula is C23H28O4. The summed E-state index contributed by atoms with van der Waals surface area (Å²) >= 11 is 0. The normalized spacial score (nSPS) is 13.0. The van der Waals surface area contributed by atoms with Crippen molar-refractivity contribution in [2.45, 2.75) is 45.1 Å². The summed E-state index contributed by atoms with van der Waals surface area (Å²) < 4.78 is 11.3. The molecule has 0 aliphatic rings. The number of rotatable bonds is 11. The molecule has 0 N–H and O–H groups in total. The van der Waals surface area contributed by atoms with E-state index in [1.165, 1.54) is 0 Å². The standard InChI is InChI=1S/C23H28O4/c1-3-5-18-27-23(17-16-21(24)26-4-2,20-14-10-7-11-15-20)22(25)19-12-8-6-9-13-19/h6-15H,3-5,16-18H2,1-2H3. The highest BCUT2D eigenvalue weighted by Crippen LogP contribution is 2.35. The van der Waals surface area contributed by atoms with Crippen LogP contribution in [0.25, 0.3) is 0 Å². The fourth-order valence-electron chi connectivity index (χ4n) is 3.04. The van der Waals surface area contributed by atoms with Gasteiger partial charge >= 0.3 is 5.97 Å². The van der Waals surface area contributed by atoms with E-state index in [0.29, 0.717) is 18.8 Å². The highest BCUT2D eigenvalue weighted by atomic mass is 16.5. The summed E-state index contributed by atoms with van der Waals surface area (Å²) in [5.41, 5.74) is 0.130. The van der Waals surface area contributed by atoms with Gasteiger partial charge in [0, 0.05) is 18.6 Å². The molecule has 2 aromatic carbocycles. The van der Waals surface area contributed by atoms with Crippen LogP contribution in [0.4, 0.5) is 0 Å². The molecular weight excluding hydrogens is 340 g/mol. The van der Waals surface area contributed by atoms with Gasteiger partial charge in [0.1, 0.15) is 0 Å². The summed E-state index contributed by atoms with van der Waals surface area (Å²) in [5, 5.41) is 0. The van der Waals surface area contributed by atoms with Gasteiger partial charge in [0.15, 0.2) is 11.4 Å². The van der Waals surface area contributed by atoms with Crippen molar-refractivity contribution in [3.63, 3.8) is 0 Å². The predicted molar refractivity (Wildman–Crippen MR) is 106 cm³/mol. The molecule has 0 fully saturated rings. The van der Waals surface area contributed by atoms with Crippen molar-refractivity contribution in [2.75, 3.05) is 13.2 Å². The highest BCUT2D eigenvalue weighted by molar-refractivity contribution is 6.03. The van der Waals surface area contributed by atoms with Crippen LogP contribution in [0, 0.1) is 0 Å². The van der Waals surface area contributed by atoms with E-state index in [2.05, 4.69) is 6.92 Å². The third-order valence-corrected chi connectivity index (χ3v) is 4.48. The van der Waals surface area contributed by atoms with E-state index >= 15 is 0 Å². The molecule has 2 aromatic rings. The van der Waals surface area contributed by atoms with Crippen molar-refractivity contribution >= 4 is 11.8 Å². The van der Waals surface area contributed by atoms with Crippen molar-refractivity contribution in [1.29, 1.82) is 0 Å². The van der Waals surface area contributed by atoms with Gasteiger partial charge in [-0.25, -0.2) is 0 Å². The number of hydrogen-bond acceptors (Lipinski definition) is 4. The topological polar surface area (TPSA) is 52.6 Å². The lowest BCUT2D eigenvalue weighted by atomic mass is 9.82. The Labute approximate surface area is 161 Å². The molecule has 0 saturated carbocycles. The van der Waals surface area contributed by atoms with E-state index in [4.69, 9.17) is 9.47 Å². The molecule has 1 atom stereocenters. The fraction of sp³-hybridized carbons (Fsp3) is 0.391. The Morgan fingerprint density at radius 3 is 2.15 bits per heavy atom. The number of carbonyl (C=O) groups is 2. The van der Waals surface area contributed by atoms with Gasteiger partial charge in [-0.05, 0) is 25.3 Å². The van der Waals surface area contributed by atoms with E-state index in [0.717, 1.165) is 18.4 Å². The van der Waals surface area contributed by atoms with Crippen LogP contribution in [-0.2, 0) is 19.9 Å². The lowest BCUT2D eigenvalue weighted by Gasteiger charge is -2.33. The Morgan fingerprint density at radius 1 is 0.926 bits per heavy atom. The maximum absolute atomic E-state index is 13.6. The van der Waals surface area contributed by atoms with E-state index in [-0.39, 0.29) is 24.6 Å². The van der Waals surface area contributed by atoms with E-state index in [1.54, 1.807) is 19.1 Å². The molecule has 1 unspecified atom stereocenters. The molecule has 0 aliphatic heterocycles. The number of esters is 1. The van der Waals surface area contributed by atoms with Gasteiger partial charge in [-0.1, -0.05) is 74.0 Å². The van der Waals surface area contributed by atoms with Crippen LogP contribution in [-0.4, -0.2) is 25.0 Å². The maximum atomic E-state index is 13.6. The van der Waals surface area contributed by atoms with Gasteiger partial charge in [-0.2, -0.15) is 0 Å². The summed E-state index contributed by atoms with van der Waals surface area (Å²) in [5.74, 6) is -0.451. The van der Waals surface area contributed by atoms with Crippen molar-refractivity contribution in [3.8, 4) is 0 Å². The molecule has 0 amide bonds. The van der Waals surface area contributed by atoms with Gasteiger partial charge in [-0.3, -0.25) is 9.59 Å². The lowest BCUT2D eigenvalue weighted by Crippen LogP contribution is -2.40. The van der Waals surface area contributed by atoms with Crippen molar-refractivity contribution in [1.82, 2.24) is 0 Å². The van der Waals surface area contributed by atoms with E-state index < -0.39 is 5.60 Å². The second-order valence-electron chi connectivity index (χ2n) is 6.40. The minimum absolute atomic E-state index is 0.118. The van der Waals surface area contributed by atoms with Gasteiger partial charge in [0.2, 0.25) is 0 Å². The smallest absolute Gasteiger partial charge is 0.305 e. The summed E-state index contributed by atoms with van der Waals surface area (Å²) in [4.78, 5) is 25.6. The quantitative estimate of drug-likeness (QED) is 0.321. The average molecular weight is 368 g/mol. The third kappa shape index (κ3) is 5.51. The van der Waals surface area contributed by atoms with Crippen molar-refractivity contribution in [2.24, 2.45) is 0 Å². The second-order valence-corrected chi connectivity index (χ2v) is 6.40. The number of Topliss-reactive ketones (excluding diaryl/α,β-unsaturated/α-hetero) is 1. The average Bonchev–Trinajstić information content (AvgIpc) is 2.72. The summed E-state index contributed by atoms with van der Waals surface area (Å²) in [7, 11) is 0. The number of benzene rings is 2. The predicted octanol–water partition coefficient (Wildman–Crippen LogP) is 4.92. The van der Waals surface area contributed by atoms with Crippen molar-refractivity contribution in [3.05, 3.63) is 71.8 Å². The van der Waals surface area contributed by atoms with Crippen LogP contribution in [0.2, 0.25) is 0 Å². The van der Waals surface area contributed by atoms with E-state index in [1.807, 2.05) is 48.5 Å². The van der Waals surface area contributed by atoms with Crippen LogP contribution in [0.5, 0.6) is 0 Å². The molecule has 0 bridgehead atoms. The van der Waals surface area contributed by atoms with Crippen LogP contribution >= 0.6 is 0 Å². The molecule has 0 heterocycles. The molecule has 0 aliphatic carbocycles. The number of ether oxygens (including phenoxy) is 2. The first-order valence-electron chi connectivity index (χ1n) is 9.59. The number of carbonyl (C=O) groups excluding carboxylic acids is 2. The van der Waals surface area contributed by atoms with Crippen LogP contribution in [0.15, 0.2) is 60.7 Å². The largest absolute Gasteiger partial charge is 0.466 e. The molecule has 4 nitrogen and oxygen atoms in total. The monoisotopic (exact) mass is 368 g/mol. The molecule has 2 rings (SSSR count). The third-order valence-electron chi connectivity index (χ3n) is 4.48. The SMILES string of the molecule is CCCCOC(CCC(=O)OCC)(C(=O)c1ccccc1)c1ccccc1. The van der Waals surface area contributed by atoms with Crippen molar-refractivity contribution < 1.29 is 19.1 Å². The minimum atomic E-state index is -1.20. The zero-order chi connectivity index (χ0) is 19.5. The Bertz CT molecular complexity index is 712. The van der Waals surface area contributed by atoms with Crippen LogP contribution < -0.4 is 0 Å². The van der Waals surface area contributed by atoms with Gasteiger partial charge in [0.05, 0.1) is 6.61 Å². The fourth-order valence-corrected chi connectivity index (χ4v) is 3.04. The molecule has 27 heavy (non-hydrogen) atoms. The lowest BCUT2D eigenvalue weighted by molar-refractivity contribution is -0.144. The molecule has 144 valence electrons. The molecule has 4 heteroatoms. The molecule has 0 radical (unpaired) electrons. The van der Waals surface area contributed by atoms with Crippen LogP contribution in [0.1, 0.15) is 55.5 Å². The zero-order valence-corrected chi connectivity index (χ0v) is 16.1. The first-order chi connectivity index (χ1) is 13.1. The maximum Gasteiger partial charge on any atom is 0.305 e. The molecule has 0 aromatic heterocycles. The second kappa shape index (κ2) is 10.6. The zero-order valence-electron chi connectivity index (χ0n) is 16.1. The molecule has 0 saturated heterocycles. The number of ketones is 1. The Morgan fingerprint density at radius 2 is 1.56 bits per heavy atom. The molecule has 0 spiro atoms. The summed E-state index contributed by atoms with van der Waals surface area (Å²) in [6, 6.07) is 18.6. The number of hydrogen-bond donors (Lipinski definition) is 0. The van der Waals surface area contributed by atoms with Gasteiger partial charge in [-0.15, -0.1) is 0 Å². The highest BCUT2D eigenvalue weighted by Gasteiger charge is 2.42. The first kappa shape index (κ1) is 20.8. The Balaban J connectivity index is 2.44. The summed E-state index contributed by atoms with van der Waals surface area (Å²) in [6.07, 6.45) is 2.17. The number of unbranched alkanes of at least 4 members (excludes halogenated alkanes) is 1. The Hall–Kier alpha value is -2.46. The van der Waals surface area contributed by atoms with Crippen LogP contribution in [0.3, 0.4) is 0 Å². The van der Waals surface area contributed by atoms with Gasteiger partial charge in [0.25, 0.3) is 0 Å². The minimum Gasteiger partial charge on any atom is -0.466 e. The first-order valence-corrected chi connectivity index (χ1v) is 9.59. The Kier molecular flexibility index (Phi) is 8.21. The van der Waals surface area contributed by atoms with E-state index in [9.17, 15) is 9.59 Å².